The molecule has 0 fully saturated rings. The van der Waals surface area contributed by atoms with Crippen LogP contribution in [0.5, 0.6) is 0 Å². The molecule has 10 heteroatoms. The first-order valence-corrected chi connectivity index (χ1v) is 11.3. The maximum absolute atomic E-state index is 15.4. The summed E-state index contributed by atoms with van der Waals surface area (Å²) in [7, 11) is 1.74. The average molecular weight is 476 g/mol. The molecule has 6 rings (SSSR count). The number of hydrogen-bond acceptors (Lipinski definition) is 4. The molecule has 0 radical (unpaired) electrons. The lowest BCUT2D eigenvalue weighted by molar-refractivity contribution is 0.608. The van der Waals surface area contributed by atoms with Crippen LogP contribution in [-0.4, -0.2) is 35.2 Å². The fraction of sp³-hybridized carbons (Fsp3) is 0.240. The number of fused-ring (bicyclic) bond motifs is 2. The summed E-state index contributed by atoms with van der Waals surface area (Å²) in [5.74, 6) is -0.222. The molecule has 0 amide bonds. The quantitative estimate of drug-likeness (QED) is 0.435. The molecule has 1 aliphatic heterocycles. The summed E-state index contributed by atoms with van der Waals surface area (Å²) >= 11 is 0. The minimum Gasteiger partial charge on any atom is -0.312 e. The summed E-state index contributed by atoms with van der Waals surface area (Å²) < 4.78 is 35.7. The van der Waals surface area contributed by atoms with Gasteiger partial charge in [-0.25, -0.2) is 18.3 Å². The number of nitrogens with one attached hydrogen (secondary N) is 1. The number of halogens is 2. The van der Waals surface area contributed by atoms with E-state index >= 15 is 4.39 Å². The fourth-order valence-corrected chi connectivity index (χ4v) is 4.85. The zero-order valence-corrected chi connectivity index (χ0v) is 19.5. The molecule has 0 bridgehead atoms. The molecule has 35 heavy (non-hydrogen) atoms. The van der Waals surface area contributed by atoms with Crippen LogP contribution in [0.2, 0.25) is 0 Å². The Kier molecular flexibility index (Phi) is 4.75. The second-order valence-electron chi connectivity index (χ2n) is 8.90. The van der Waals surface area contributed by atoms with Gasteiger partial charge < -0.3 is 5.32 Å². The van der Waals surface area contributed by atoms with Gasteiger partial charge >= 0.3 is 5.69 Å². The van der Waals surface area contributed by atoms with Crippen LogP contribution >= 0.6 is 0 Å². The van der Waals surface area contributed by atoms with Gasteiger partial charge in [-0.1, -0.05) is 0 Å². The molecule has 3 aromatic heterocycles. The third-order valence-electron chi connectivity index (χ3n) is 6.66. The van der Waals surface area contributed by atoms with Gasteiger partial charge in [-0.05, 0) is 49.2 Å². The Morgan fingerprint density at radius 2 is 1.77 bits per heavy atom. The van der Waals surface area contributed by atoms with Crippen molar-refractivity contribution in [3.05, 3.63) is 87.4 Å². The lowest BCUT2D eigenvalue weighted by atomic mass is 10.1. The molecule has 0 saturated heterocycles. The highest BCUT2D eigenvalue weighted by Crippen LogP contribution is 2.27. The van der Waals surface area contributed by atoms with Crippen LogP contribution in [0.4, 0.5) is 8.78 Å². The number of rotatable bonds is 3. The number of nitrogens with zero attached hydrogens (tertiary/aromatic N) is 6. The van der Waals surface area contributed by atoms with Crippen molar-refractivity contribution >= 4 is 10.9 Å². The first kappa shape index (κ1) is 21.5. The average Bonchev–Trinajstić information content (AvgIpc) is 3.53. The minimum absolute atomic E-state index is 0.140. The van der Waals surface area contributed by atoms with Gasteiger partial charge in [0.1, 0.15) is 11.6 Å². The van der Waals surface area contributed by atoms with Crippen molar-refractivity contribution in [3.8, 4) is 17.2 Å². The topological polar surface area (TPSA) is 74.6 Å². The zero-order chi connectivity index (χ0) is 24.4. The van der Waals surface area contributed by atoms with E-state index in [0.29, 0.717) is 46.5 Å². The van der Waals surface area contributed by atoms with E-state index in [2.05, 4.69) is 10.4 Å². The second kappa shape index (κ2) is 7.74. The third-order valence-corrected chi connectivity index (χ3v) is 6.66. The van der Waals surface area contributed by atoms with E-state index in [9.17, 15) is 9.18 Å². The molecule has 178 valence electrons. The van der Waals surface area contributed by atoms with E-state index in [0.717, 1.165) is 17.8 Å². The van der Waals surface area contributed by atoms with Crippen LogP contribution in [0.1, 0.15) is 22.4 Å². The van der Waals surface area contributed by atoms with Crippen LogP contribution in [0.3, 0.4) is 0 Å². The number of imidazole rings is 1. The van der Waals surface area contributed by atoms with Gasteiger partial charge in [-0.3, -0.25) is 13.8 Å². The summed E-state index contributed by atoms with van der Waals surface area (Å²) in [6, 6.07) is 6.75. The molecule has 1 N–H and O–H groups in total. The highest BCUT2D eigenvalue weighted by atomic mass is 19.1. The van der Waals surface area contributed by atoms with Crippen molar-refractivity contribution in [2.75, 3.05) is 6.54 Å². The Labute approximate surface area is 199 Å². The number of benzene rings is 2. The highest BCUT2D eigenvalue weighted by molar-refractivity contribution is 5.81. The van der Waals surface area contributed by atoms with Crippen molar-refractivity contribution < 1.29 is 8.78 Å². The van der Waals surface area contributed by atoms with Gasteiger partial charge in [0.05, 0.1) is 34.2 Å². The third kappa shape index (κ3) is 3.17. The normalized spacial score (nSPS) is 13.5. The van der Waals surface area contributed by atoms with E-state index in [4.69, 9.17) is 5.10 Å². The van der Waals surface area contributed by atoms with Crippen LogP contribution in [0.25, 0.3) is 28.1 Å². The van der Waals surface area contributed by atoms with Gasteiger partial charge in [0.25, 0.3) is 0 Å². The van der Waals surface area contributed by atoms with Gasteiger partial charge in [0, 0.05) is 44.5 Å². The van der Waals surface area contributed by atoms with Crippen LogP contribution < -0.4 is 11.0 Å². The molecule has 0 saturated carbocycles. The zero-order valence-electron chi connectivity index (χ0n) is 19.5. The van der Waals surface area contributed by atoms with E-state index in [1.807, 2.05) is 0 Å². The van der Waals surface area contributed by atoms with Crippen molar-refractivity contribution in [2.45, 2.75) is 26.8 Å². The standard InChI is InChI=1S/C25H23F2N7O/c1-14-10-16(11-15(2)22(14)26)34-24(17-12-28-7-6-19(17)30-34)33-9-8-32(25(33)35)21-5-4-20-18(23(21)27)13-29-31(20)3/h4-5,8-11,13,28H,6-7,12H2,1-3H3. The minimum atomic E-state index is -0.516. The molecular formula is C25H23F2N7O. The lowest BCUT2D eigenvalue weighted by Crippen LogP contribution is -2.27. The van der Waals surface area contributed by atoms with Crippen molar-refractivity contribution in [2.24, 2.45) is 7.05 Å². The summed E-state index contributed by atoms with van der Waals surface area (Å²) in [6.07, 6.45) is 5.31. The maximum atomic E-state index is 15.4. The van der Waals surface area contributed by atoms with Crippen LogP contribution in [0.15, 0.2) is 47.7 Å². The summed E-state index contributed by atoms with van der Waals surface area (Å²) in [5, 5.41) is 12.6. The molecule has 1 aliphatic rings. The second-order valence-corrected chi connectivity index (χ2v) is 8.90. The van der Waals surface area contributed by atoms with E-state index in [1.54, 1.807) is 66.9 Å². The Morgan fingerprint density at radius 1 is 1.03 bits per heavy atom. The van der Waals surface area contributed by atoms with Crippen molar-refractivity contribution in [1.29, 1.82) is 0 Å². The van der Waals surface area contributed by atoms with Gasteiger partial charge in [-0.15, -0.1) is 0 Å². The largest absolute Gasteiger partial charge is 0.338 e. The smallest absolute Gasteiger partial charge is 0.312 e. The lowest BCUT2D eigenvalue weighted by Gasteiger charge is -2.14. The van der Waals surface area contributed by atoms with Crippen molar-refractivity contribution in [3.63, 3.8) is 0 Å². The molecule has 0 atom stereocenters. The summed E-state index contributed by atoms with van der Waals surface area (Å²) in [5.41, 5.74) is 3.76. The Balaban J connectivity index is 1.57. The van der Waals surface area contributed by atoms with Crippen molar-refractivity contribution in [1.82, 2.24) is 34.0 Å². The first-order chi connectivity index (χ1) is 16.8. The molecule has 8 nitrogen and oxygen atoms in total. The van der Waals surface area contributed by atoms with Gasteiger partial charge in [-0.2, -0.15) is 10.2 Å². The van der Waals surface area contributed by atoms with Gasteiger partial charge in [0.15, 0.2) is 5.82 Å². The molecule has 0 spiro atoms. The van der Waals surface area contributed by atoms with Crippen LogP contribution in [0, 0.1) is 25.5 Å². The fourth-order valence-electron chi connectivity index (χ4n) is 4.85. The first-order valence-electron chi connectivity index (χ1n) is 11.3. The summed E-state index contributed by atoms with van der Waals surface area (Å²) in [4.78, 5) is 13.6. The molecular weight excluding hydrogens is 452 g/mol. The summed E-state index contributed by atoms with van der Waals surface area (Å²) in [6.45, 7) is 4.72. The van der Waals surface area contributed by atoms with E-state index in [1.165, 1.54) is 15.3 Å². The highest BCUT2D eigenvalue weighted by Gasteiger charge is 2.25. The molecule has 0 aliphatic carbocycles. The van der Waals surface area contributed by atoms with Gasteiger partial charge in [0.2, 0.25) is 0 Å². The maximum Gasteiger partial charge on any atom is 0.338 e. The Morgan fingerprint density at radius 3 is 2.54 bits per heavy atom. The Hall–Kier alpha value is -4.05. The monoisotopic (exact) mass is 475 g/mol. The number of aryl methyl sites for hydroxylation is 3. The number of aromatic nitrogens is 6. The predicted octanol–water partition coefficient (Wildman–Crippen LogP) is 3.24. The predicted molar refractivity (Wildman–Crippen MR) is 128 cm³/mol. The van der Waals surface area contributed by atoms with E-state index < -0.39 is 11.5 Å². The Bertz CT molecular complexity index is 1670. The molecule has 5 aromatic rings. The van der Waals surface area contributed by atoms with E-state index in [-0.39, 0.29) is 11.5 Å². The SMILES string of the molecule is Cc1cc(-n2nc3c(c2-n2ccn(-c4ccc5c(cnn5C)c4F)c2=O)CNCC3)cc(C)c1F. The number of hydrogen-bond donors (Lipinski definition) is 1. The molecule has 0 unspecified atom stereocenters. The van der Waals surface area contributed by atoms with Crippen LogP contribution in [-0.2, 0) is 20.0 Å². The molecule has 4 heterocycles. The molecule has 2 aromatic carbocycles.